The van der Waals surface area contributed by atoms with Gasteiger partial charge < -0.3 is 5.32 Å². The molecule has 2 rings (SSSR count). The first-order valence-electron chi connectivity index (χ1n) is 7.82. The second-order valence-corrected chi connectivity index (χ2v) is 5.27. The Balaban J connectivity index is 0.000000789. The number of aryl methyl sites for hydroxylation is 4. The number of nitrogens with zero attached hydrogens (tertiary/aromatic N) is 1. The Morgan fingerprint density at radius 1 is 1.00 bits per heavy atom. The lowest BCUT2D eigenvalue weighted by molar-refractivity contribution is 0.894. The molecule has 0 radical (unpaired) electrons. The Bertz CT molecular complexity index is 539. The van der Waals surface area contributed by atoms with Gasteiger partial charge >= 0.3 is 0 Å². The zero-order valence-electron chi connectivity index (χ0n) is 14.7. The smallest absolute Gasteiger partial charge is 0.0436 e. The van der Waals surface area contributed by atoms with E-state index in [4.69, 9.17) is 11.6 Å². The van der Waals surface area contributed by atoms with Crippen LogP contribution < -0.4 is 5.32 Å². The lowest BCUT2D eigenvalue weighted by atomic mass is 10.0. The summed E-state index contributed by atoms with van der Waals surface area (Å²) >= 11 is 5.95. The van der Waals surface area contributed by atoms with Gasteiger partial charge in [0.15, 0.2) is 0 Å². The van der Waals surface area contributed by atoms with E-state index in [0.717, 1.165) is 17.9 Å². The van der Waals surface area contributed by atoms with Crippen molar-refractivity contribution in [3.05, 3.63) is 63.9 Å². The molecule has 1 aromatic heterocycles. The monoisotopic (exact) mass is 320 g/mol. The first kappa shape index (κ1) is 20.6. The van der Waals surface area contributed by atoms with Gasteiger partial charge in [-0.2, -0.15) is 0 Å². The van der Waals surface area contributed by atoms with E-state index in [1.54, 1.807) is 0 Å². The van der Waals surface area contributed by atoms with Gasteiger partial charge in [-0.25, -0.2) is 0 Å². The van der Waals surface area contributed by atoms with E-state index in [9.17, 15) is 0 Å². The number of halogens is 1. The summed E-state index contributed by atoms with van der Waals surface area (Å²) in [7, 11) is 3.75. The van der Waals surface area contributed by atoms with Crippen molar-refractivity contribution in [1.82, 2.24) is 10.3 Å². The third-order valence-corrected chi connectivity index (χ3v) is 3.29. The highest BCUT2D eigenvalue weighted by Gasteiger charge is 2.03. The highest BCUT2D eigenvalue weighted by atomic mass is 35.5. The van der Waals surface area contributed by atoms with Gasteiger partial charge in [0.05, 0.1) is 0 Å². The van der Waals surface area contributed by atoms with Crippen LogP contribution in [0.3, 0.4) is 0 Å². The number of hydrogen-bond donors (Lipinski definition) is 1. The van der Waals surface area contributed by atoms with Crippen LogP contribution in [0.2, 0.25) is 5.02 Å². The normalized spacial score (nSPS) is 9.23. The molecule has 0 aliphatic rings. The first-order valence-corrected chi connectivity index (χ1v) is 8.20. The number of rotatable bonds is 3. The van der Waals surface area contributed by atoms with Gasteiger partial charge in [0.25, 0.3) is 0 Å². The molecule has 0 atom stereocenters. The quantitative estimate of drug-likeness (QED) is 0.861. The predicted octanol–water partition coefficient (Wildman–Crippen LogP) is 5.00. The molecule has 1 N–H and O–H groups in total. The summed E-state index contributed by atoms with van der Waals surface area (Å²) in [5.74, 6) is 0. The number of pyridine rings is 1. The molecule has 0 aliphatic carbocycles. The summed E-state index contributed by atoms with van der Waals surface area (Å²) in [5, 5.41) is 3.56. The number of aromatic nitrogens is 1. The Morgan fingerprint density at radius 3 is 2.18 bits per heavy atom. The summed E-state index contributed by atoms with van der Waals surface area (Å²) in [6.45, 7) is 8.21. The molecule has 0 fully saturated rings. The van der Waals surface area contributed by atoms with E-state index in [1.165, 1.54) is 22.4 Å². The molecule has 1 aromatic carbocycles. The van der Waals surface area contributed by atoms with Crippen LogP contribution >= 0.6 is 11.6 Å². The van der Waals surface area contributed by atoms with Gasteiger partial charge in [-0.15, -0.1) is 0 Å². The van der Waals surface area contributed by atoms with Crippen LogP contribution in [0.25, 0.3) is 0 Å². The fourth-order valence-corrected chi connectivity index (χ4v) is 2.20. The van der Waals surface area contributed by atoms with Crippen molar-refractivity contribution in [2.24, 2.45) is 0 Å². The van der Waals surface area contributed by atoms with Crippen molar-refractivity contribution >= 4 is 11.6 Å². The second kappa shape index (κ2) is 12.2. The Labute approximate surface area is 140 Å². The third kappa shape index (κ3) is 7.58. The number of nitrogens with one attached hydrogen (secondary N) is 1. The molecule has 122 valence electrons. The molecule has 0 bridgehead atoms. The molecule has 0 aliphatic heterocycles. The van der Waals surface area contributed by atoms with Crippen molar-refractivity contribution in [3.63, 3.8) is 0 Å². The minimum atomic E-state index is 0.806. The highest BCUT2D eigenvalue weighted by Crippen LogP contribution is 2.17. The van der Waals surface area contributed by atoms with E-state index < -0.39 is 0 Å². The van der Waals surface area contributed by atoms with Crippen LogP contribution in [-0.4, -0.2) is 19.1 Å². The molecule has 2 aromatic rings. The summed E-state index contributed by atoms with van der Waals surface area (Å²) in [4.78, 5) is 4.41. The van der Waals surface area contributed by atoms with E-state index in [1.807, 2.05) is 52.3 Å². The summed E-state index contributed by atoms with van der Waals surface area (Å²) in [5.41, 5.74) is 5.05. The number of benzene rings is 1. The lowest BCUT2D eigenvalue weighted by Gasteiger charge is -2.07. The predicted molar refractivity (Wildman–Crippen MR) is 98.9 cm³/mol. The largest absolute Gasteiger partial charge is 0.323 e. The van der Waals surface area contributed by atoms with E-state index in [2.05, 4.69) is 36.3 Å². The molecular weight excluding hydrogens is 292 g/mol. The van der Waals surface area contributed by atoms with Gasteiger partial charge in [0.2, 0.25) is 0 Å². The zero-order valence-corrected chi connectivity index (χ0v) is 15.5. The van der Waals surface area contributed by atoms with Gasteiger partial charge in [-0.1, -0.05) is 37.6 Å². The average Bonchev–Trinajstić information content (AvgIpc) is 2.51. The molecule has 0 saturated carbocycles. The summed E-state index contributed by atoms with van der Waals surface area (Å²) in [6.07, 6.45) is 3.85. The third-order valence-electron chi connectivity index (χ3n) is 3.05. The first-order chi connectivity index (χ1) is 10.6. The Kier molecular flexibility index (Phi) is 11.4. The minimum absolute atomic E-state index is 0.806. The standard InChI is InChI=1S/C15H16ClN.C2H7N.C2H6/c1-11-4-3-9-17-15(11)8-6-13-5-7-14(16)10-12(13)2;1-3-2;1-2/h3-5,7,9-10H,6,8H2,1-2H3;3H,1-2H3;1-2H3. The molecule has 22 heavy (non-hydrogen) atoms. The van der Waals surface area contributed by atoms with Crippen molar-refractivity contribution in [2.45, 2.75) is 40.5 Å². The fraction of sp³-hybridized carbons (Fsp3) is 0.421. The molecule has 0 amide bonds. The van der Waals surface area contributed by atoms with E-state index in [-0.39, 0.29) is 0 Å². The topological polar surface area (TPSA) is 24.9 Å². The molecule has 3 heteroatoms. The van der Waals surface area contributed by atoms with Crippen LogP contribution in [-0.2, 0) is 12.8 Å². The fourth-order valence-electron chi connectivity index (χ4n) is 1.97. The molecule has 0 spiro atoms. The van der Waals surface area contributed by atoms with Gasteiger partial charge in [-0.3, -0.25) is 4.98 Å². The maximum atomic E-state index is 5.95. The van der Waals surface area contributed by atoms with E-state index >= 15 is 0 Å². The second-order valence-electron chi connectivity index (χ2n) is 4.84. The summed E-state index contributed by atoms with van der Waals surface area (Å²) in [6, 6.07) is 10.2. The molecule has 2 nitrogen and oxygen atoms in total. The Morgan fingerprint density at radius 2 is 1.64 bits per heavy atom. The Hall–Kier alpha value is -1.38. The van der Waals surface area contributed by atoms with Gasteiger partial charge in [0, 0.05) is 16.9 Å². The van der Waals surface area contributed by atoms with Crippen LogP contribution in [0.1, 0.15) is 36.2 Å². The van der Waals surface area contributed by atoms with Gasteiger partial charge in [-0.05, 0) is 75.7 Å². The van der Waals surface area contributed by atoms with Crippen molar-refractivity contribution in [2.75, 3.05) is 14.1 Å². The maximum Gasteiger partial charge on any atom is 0.0436 e. The zero-order chi connectivity index (χ0) is 17.0. The SMILES string of the molecule is CC.CNC.Cc1cc(Cl)ccc1CCc1ncccc1C. The average molecular weight is 321 g/mol. The molecule has 0 unspecified atom stereocenters. The van der Waals surface area contributed by atoms with Crippen molar-refractivity contribution < 1.29 is 0 Å². The van der Waals surface area contributed by atoms with Crippen molar-refractivity contribution in [3.8, 4) is 0 Å². The van der Waals surface area contributed by atoms with Crippen LogP contribution in [0.15, 0.2) is 36.5 Å². The summed E-state index contributed by atoms with van der Waals surface area (Å²) < 4.78 is 0. The lowest BCUT2D eigenvalue weighted by Crippen LogP contribution is -1.98. The van der Waals surface area contributed by atoms with Crippen LogP contribution in [0, 0.1) is 13.8 Å². The van der Waals surface area contributed by atoms with Crippen LogP contribution in [0.4, 0.5) is 0 Å². The maximum absolute atomic E-state index is 5.95. The molecular formula is C19H29ClN2. The highest BCUT2D eigenvalue weighted by molar-refractivity contribution is 6.30. The van der Waals surface area contributed by atoms with Gasteiger partial charge in [0.1, 0.15) is 0 Å². The molecule has 1 heterocycles. The number of hydrogen-bond acceptors (Lipinski definition) is 2. The minimum Gasteiger partial charge on any atom is -0.323 e. The van der Waals surface area contributed by atoms with E-state index in [0.29, 0.717) is 0 Å². The molecule has 0 saturated heterocycles. The van der Waals surface area contributed by atoms with Crippen molar-refractivity contribution in [1.29, 1.82) is 0 Å². The van der Waals surface area contributed by atoms with Crippen LogP contribution in [0.5, 0.6) is 0 Å².